The van der Waals surface area contributed by atoms with Crippen LogP contribution in [0.4, 0.5) is 5.69 Å². The van der Waals surface area contributed by atoms with Gasteiger partial charge in [0.25, 0.3) is 0 Å². The van der Waals surface area contributed by atoms with Crippen LogP contribution < -0.4 is 14.8 Å². The molecule has 0 radical (unpaired) electrons. The van der Waals surface area contributed by atoms with Gasteiger partial charge in [-0.25, -0.2) is 0 Å². The summed E-state index contributed by atoms with van der Waals surface area (Å²) in [5.74, 6) is 1.59. The maximum Gasteiger partial charge on any atom is 0.166 e. The Bertz CT molecular complexity index is 631. The Hall–Kier alpha value is -1.58. The van der Waals surface area contributed by atoms with Crippen molar-refractivity contribution in [1.29, 1.82) is 0 Å². The molecule has 0 aliphatic carbocycles. The Morgan fingerprint density at radius 2 is 1.90 bits per heavy atom. The first-order chi connectivity index (χ1) is 9.74. The van der Waals surface area contributed by atoms with E-state index in [9.17, 15) is 0 Å². The predicted octanol–water partition coefficient (Wildman–Crippen LogP) is 4.38. The van der Waals surface area contributed by atoms with Gasteiger partial charge < -0.3 is 14.8 Å². The Morgan fingerprint density at radius 1 is 1.05 bits per heavy atom. The second-order valence-corrected chi connectivity index (χ2v) is 5.26. The minimum absolute atomic E-state index is 0.575. The van der Waals surface area contributed by atoms with E-state index in [1.54, 1.807) is 12.1 Å². The summed E-state index contributed by atoms with van der Waals surface area (Å²) < 4.78 is 11.2. The summed E-state index contributed by atoms with van der Waals surface area (Å²) in [5, 5.41) is 4.50. The molecule has 104 valence electrons. The van der Waals surface area contributed by atoms with Crippen LogP contribution in [0.15, 0.2) is 36.4 Å². The second-order valence-electron chi connectivity index (χ2n) is 4.42. The van der Waals surface area contributed by atoms with Gasteiger partial charge in [-0.3, -0.25) is 0 Å². The zero-order chi connectivity index (χ0) is 13.9. The highest BCUT2D eigenvalue weighted by atomic mass is 35.5. The van der Waals surface area contributed by atoms with Crippen molar-refractivity contribution in [2.45, 2.75) is 6.54 Å². The van der Waals surface area contributed by atoms with E-state index < -0.39 is 0 Å². The van der Waals surface area contributed by atoms with Crippen molar-refractivity contribution >= 4 is 28.9 Å². The summed E-state index contributed by atoms with van der Waals surface area (Å²) >= 11 is 12.0. The van der Waals surface area contributed by atoms with E-state index in [2.05, 4.69) is 5.32 Å². The van der Waals surface area contributed by atoms with Gasteiger partial charge in [-0.15, -0.1) is 0 Å². The number of ether oxygens (including phenoxy) is 2. The van der Waals surface area contributed by atoms with Crippen LogP contribution in [0, 0.1) is 0 Å². The van der Waals surface area contributed by atoms with Crippen LogP contribution in [0.2, 0.25) is 10.0 Å². The predicted molar refractivity (Wildman–Crippen MR) is 81.2 cm³/mol. The zero-order valence-corrected chi connectivity index (χ0v) is 12.2. The van der Waals surface area contributed by atoms with Crippen LogP contribution in [-0.2, 0) is 6.54 Å². The summed E-state index contributed by atoms with van der Waals surface area (Å²) in [6, 6.07) is 11.2. The molecule has 0 fully saturated rings. The first kappa shape index (κ1) is 13.4. The van der Waals surface area contributed by atoms with Crippen molar-refractivity contribution in [2.75, 3.05) is 18.5 Å². The van der Waals surface area contributed by atoms with Crippen LogP contribution in [-0.4, -0.2) is 13.2 Å². The molecule has 3 rings (SSSR count). The largest absolute Gasteiger partial charge is 0.486 e. The van der Waals surface area contributed by atoms with Crippen molar-refractivity contribution in [3.8, 4) is 11.5 Å². The molecule has 1 aliphatic rings. The molecule has 1 aliphatic heterocycles. The van der Waals surface area contributed by atoms with E-state index in [0.717, 1.165) is 22.7 Å². The van der Waals surface area contributed by atoms with E-state index in [1.807, 2.05) is 24.3 Å². The van der Waals surface area contributed by atoms with Gasteiger partial charge >= 0.3 is 0 Å². The number of hydrogen-bond donors (Lipinski definition) is 1. The highest BCUT2D eigenvalue weighted by molar-refractivity contribution is 6.36. The van der Waals surface area contributed by atoms with Crippen molar-refractivity contribution in [3.63, 3.8) is 0 Å². The molecular weight excluding hydrogens is 297 g/mol. The number of hydrogen-bond acceptors (Lipinski definition) is 3. The third-order valence-electron chi connectivity index (χ3n) is 3.05. The second kappa shape index (κ2) is 5.81. The Morgan fingerprint density at radius 3 is 2.75 bits per heavy atom. The lowest BCUT2D eigenvalue weighted by atomic mass is 10.1. The lowest BCUT2D eigenvalue weighted by Crippen LogP contribution is -2.17. The van der Waals surface area contributed by atoms with E-state index in [4.69, 9.17) is 32.7 Å². The summed E-state index contributed by atoms with van der Waals surface area (Å²) in [6.07, 6.45) is 0. The molecule has 5 heteroatoms. The quantitative estimate of drug-likeness (QED) is 0.913. The van der Waals surface area contributed by atoms with Gasteiger partial charge in [0, 0.05) is 17.1 Å². The molecule has 0 atom stereocenters. The van der Waals surface area contributed by atoms with Gasteiger partial charge in [-0.05, 0) is 24.3 Å². The number of benzene rings is 2. The highest BCUT2D eigenvalue weighted by Gasteiger charge is 2.15. The van der Waals surface area contributed by atoms with Crippen molar-refractivity contribution in [2.24, 2.45) is 0 Å². The fourth-order valence-electron chi connectivity index (χ4n) is 2.10. The van der Waals surface area contributed by atoms with Crippen LogP contribution in [0.5, 0.6) is 11.5 Å². The SMILES string of the molecule is Clc1ccc(NCc2cccc3c2OCCO3)c(Cl)c1. The van der Waals surface area contributed by atoms with E-state index in [1.165, 1.54) is 0 Å². The molecular formula is C15H13Cl2NO2. The molecule has 1 heterocycles. The Balaban J connectivity index is 1.78. The van der Waals surface area contributed by atoms with Crippen molar-refractivity contribution < 1.29 is 9.47 Å². The van der Waals surface area contributed by atoms with E-state index >= 15 is 0 Å². The Kier molecular flexibility index (Phi) is 3.90. The molecule has 0 saturated carbocycles. The van der Waals surface area contributed by atoms with Crippen LogP contribution in [0.25, 0.3) is 0 Å². The minimum Gasteiger partial charge on any atom is -0.486 e. The minimum atomic E-state index is 0.575. The molecule has 0 spiro atoms. The number of fused-ring (bicyclic) bond motifs is 1. The molecule has 0 unspecified atom stereocenters. The first-order valence-corrected chi connectivity index (χ1v) is 7.06. The summed E-state index contributed by atoms with van der Waals surface area (Å²) in [4.78, 5) is 0. The van der Waals surface area contributed by atoms with E-state index in [0.29, 0.717) is 29.8 Å². The van der Waals surface area contributed by atoms with Gasteiger partial charge in [-0.2, -0.15) is 0 Å². The average Bonchev–Trinajstić information content (AvgIpc) is 2.46. The number of rotatable bonds is 3. The number of para-hydroxylation sites is 1. The van der Waals surface area contributed by atoms with Crippen LogP contribution in [0.3, 0.4) is 0 Å². The molecule has 20 heavy (non-hydrogen) atoms. The van der Waals surface area contributed by atoms with Gasteiger partial charge in [0.05, 0.1) is 10.7 Å². The Labute approximate surface area is 127 Å². The third-order valence-corrected chi connectivity index (χ3v) is 3.60. The van der Waals surface area contributed by atoms with Gasteiger partial charge in [0.15, 0.2) is 11.5 Å². The number of halogens is 2. The van der Waals surface area contributed by atoms with Crippen LogP contribution >= 0.6 is 23.2 Å². The van der Waals surface area contributed by atoms with Crippen molar-refractivity contribution in [1.82, 2.24) is 0 Å². The normalized spacial score (nSPS) is 13.1. The summed E-state index contributed by atoms with van der Waals surface area (Å²) in [7, 11) is 0. The molecule has 0 bridgehead atoms. The van der Waals surface area contributed by atoms with Gasteiger partial charge in [0.2, 0.25) is 0 Å². The number of nitrogens with one attached hydrogen (secondary N) is 1. The topological polar surface area (TPSA) is 30.5 Å². The molecule has 0 saturated heterocycles. The molecule has 2 aromatic carbocycles. The van der Waals surface area contributed by atoms with Gasteiger partial charge in [-0.1, -0.05) is 35.3 Å². The third kappa shape index (κ3) is 2.79. The fraction of sp³-hybridized carbons (Fsp3) is 0.200. The smallest absolute Gasteiger partial charge is 0.166 e. The lowest BCUT2D eigenvalue weighted by Gasteiger charge is -2.21. The highest BCUT2D eigenvalue weighted by Crippen LogP contribution is 2.34. The maximum absolute atomic E-state index is 6.14. The monoisotopic (exact) mass is 309 g/mol. The van der Waals surface area contributed by atoms with E-state index in [-0.39, 0.29) is 0 Å². The summed E-state index contributed by atoms with van der Waals surface area (Å²) in [6.45, 7) is 1.77. The molecule has 0 amide bonds. The molecule has 1 N–H and O–H groups in total. The molecule has 3 nitrogen and oxygen atoms in total. The molecule has 2 aromatic rings. The first-order valence-electron chi connectivity index (χ1n) is 6.30. The zero-order valence-electron chi connectivity index (χ0n) is 10.7. The lowest BCUT2D eigenvalue weighted by molar-refractivity contribution is 0.170. The molecule has 0 aromatic heterocycles. The maximum atomic E-state index is 6.14. The standard InChI is InChI=1S/C15H13Cl2NO2/c16-11-4-5-13(12(17)8-11)18-9-10-2-1-3-14-15(10)20-7-6-19-14/h1-5,8,18H,6-7,9H2. The van der Waals surface area contributed by atoms with Crippen LogP contribution in [0.1, 0.15) is 5.56 Å². The summed E-state index contributed by atoms with van der Waals surface area (Å²) in [5.41, 5.74) is 1.87. The number of anilines is 1. The van der Waals surface area contributed by atoms with Crippen molar-refractivity contribution in [3.05, 3.63) is 52.0 Å². The van der Waals surface area contributed by atoms with Gasteiger partial charge in [0.1, 0.15) is 13.2 Å². The average molecular weight is 310 g/mol. The fourth-order valence-corrected chi connectivity index (χ4v) is 2.57.